The molecular formula is C6H13IO. The average molecular weight is 228 g/mol. The minimum atomic E-state index is 0.348. The Morgan fingerprint density at radius 3 is 2.62 bits per heavy atom. The number of alkyl halides is 1. The molecule has 1 atom stereocenters. The molecule has 0 saturated carbocycles. The van der Waals surface area contributed by atoms with Gasteiger partial charge in [0.1, 0.15) is 0 Å². The Labute approximate surface area is 64.6 Å². The molecule has 8 heavy (non-hydrogen) atoms. The topological polar surface area (TPSA) is 20.2 Å². The van der Waals surface area contributed by atoms with Crippen LogP contribution >= 0.6 is 22.6 Å². The summed E-state index contributed by atoms with van der Waals surface area (Å²) in [4.78, 5) is 0. The number of rotatable bonds is 4. The largest absolute Gasteiger partial charge is 0.396 e. The first kappa shape index (κ1) is 8.69. The van der Waals surface area contributed by atoms with Crippen LogP contribution in [-0.2, 0) is 0 Å². The van der Waals surface area contributed by atoms with E-state index in [1.807, 2.05) is 0 Å². The molecular weight excluding hydrogens is 215 g/mol. The van der Waals surface area contributed by atoms with Crippen molar-refractivity contribution in [3.05, 3.63) is 0 Å². The lowest BCUT2D eigenvalue weighted by molar-refractivity contribution is 0.277. The van der Waals surface area contributed by atoms with Crippen molar-refractivity contribution in [1.82, 2.24) is 0 Å². The van der Waals surface area contributed by atoms with Gasteiger partial charge < -0.3 is 5.11 Å². The lowest BCUT2D eigenvalue weighted by Gasteiger charge is -2.03. The van der Waals surface area contributed by atoms with Crippen molar-refractivity contribution in [2.45, 2.75) is 19.8 Å². The lowest BCUT2D eigenvalue weighted by Crippen LogP contribution is -1.96. The predicted molar refractivity (Wildman–Crippen MR) is 44.4 cm³/mol. The van der Waals surface area contributed by atoms with E-state index in [-0.39, 0.29) is 0 Å². The molecule has 0 radical (unpaired) electrons. The zero-order chi connectivity index (χ0) is 6.41. The molecule has 0 spiro atoms. The van der Waals surface area contributed by atoms with Crippen molar-refractivity contribution in [2.75, 3.05) is 11.0 Å². The van der Waals surface area contributed by atoms with Crippen LogP contribution in [0.3, 0.4) is 0 Å². The Balaban J connectivity index is 2.86. The van der Waals surface area contributed by atoms with Gasteiger partial charge in [0.05, 0.1) is 0 Å². The van der Waals surface area contributed by atoms with Gasteiger partial charge in [0, 0.05) is 11.0 Å². The molecule has 0 heterocycles. The first-order chi connectivity index (χ1) is 3.81. The summed E-state index contributed by atoms with van der Waals surface area (Å²) >= 11 is 2.37. The van der Waals surface area contributed by atoms with Crippen molar-refractivity contribution in [3.63, 3.8) is 0 Å². The summed E-state index contributed by atoms with van der Waals surface area (Å²) in [6.45, 7) is 2.56. The molecule has 0 aromatic rings. The molecule has 0 rings (SSSR count). The molecule has 0 aliphatic heterocycles. The molecule has 0 aromatic heterocycles. The standard InChI is InChI=1S/C6H13IO/c1-6(5-7)3-2-4-8/h6,8H,2-5H2,1H3/t6-/m0/s1. The second-order valence-electron chi connectivity index (χ2n) is 2.13. The second kappa shape index (κ2) is 5.82. The van der Waals surface area contributed by atoms with Gasteiger partial charge in [0.25, 0.3) is 0 Å². The van der Waals surface area contributed by atoms with Crippen molar-refractivity contribution >= 4 is 22.6 Å². The fourth-order valence-corrected chi connectivity index (χ4v) is 0.957. The Morgan fingerprint density at radius 2 is 2.25 bits per heavy atom. The van der Waals surface area contributed by atoms with Crippen LogP contribution < -0.4 is 0 Å². The smallest absolute Gasteiger partial charge is 0.0431 e. The summed E-state index contributed by atoms with van der Waals surface area (Å²) in [5.41, 5.74) is 0. The zero-order valence-corrected chi connectivity index (χ0v) is 7.39. The van der Waals surface area contributed by atoms with Crippen molar-refractivity contribution < 1.29 is 5.11 Å². The number of hydrogen-bond donors (Lipinski definition) is 1. The third kappa shape index (κ3) is 4.84. The van der Waals surface area contributed by atoms with E-state index in [0.717, 1.165) is 12.3 Å². The minimum absolute atomic E-state index is 0.348. The zero-order valence-electron chi connectivity index (χ0n) is 5.23. The summed E-state index contributed by atoms with van der Waals surface area (Å²) in [5.74, 6) is 0.780. The van der Waals surface area contributed by atoms with Crippen LogP contribution in [0.1, 0.15) is 19.8 Å². The van der Waals surface area contributed by atoms with Crippen LogP contribution in [0.5, 0.6) is 0 Å². The lowest BCUT2D eigenvalue weighted by atomic mass is 10.1. The Morgan fingerprint density at radius 1 is 1.62 bits per heavy atom. The van der Waals surface area contributed by atoms with Crippen molar-refractivity contribution in [2.24, 2.45) is 5.92 Å². The van der Waals surface area contributed by atoms with Crippen LogP contribution in [0.25, 0.3) is 0 Å². The maximum atomic E-state index is 8.41. The second-order valence-corrected chi connectivity index (χ2v) is 3.01. The van der Waals surface area contributed by atoms with Crippen LogP contribution in [0.2, 0.25) is 0 Å². The van der Waals surface area contributed by atoms with Gasteiger partial charge >= 0.3 is 0 Å². The van der Waals surface area contributed by atoms with E-state index in [0.29, 0.717) is 6.61 Å². The van der Waals surface area contributed by atoms with E-state index in [1.54, 1.807) is 0 Å². The van der Waals surface area contributed by atoms with Crippen molar-refractivity contribution in [3.8, 4) is 0 Å². The molecule has 0 fully saturated rings. The van der Waals surface area contributed by atoms with Gasteiger partial charge in [-0.15, -0.1) is 0 Å². The third-order valence-corrected chi connectivity index (χ3v) is 2.62. The van der Waals surface area contributed by atoms with Gasteiger partial charge in [-0.3, -0.25) is 0 Å². The van der Waals surface area contributed by atoms with E-state index in [9.17, 15) is 0 Å². The fourth-order valence-electron chi connectivity index (χ4n) is 0.517. The van der Waals surface area contributed by atoms with Gasteiger partial charge in [0.2, 0.25) is 0 Å². The molecule has 0 saturated heterocycles. The molecule has 0 aromatic carbocycles. The molecule has 0 unspecified atom stereocenters. The Hall–Kier alpha value is 0.690. The summed E-state index contributed by atoms with van der Waals surface area (Å²) in [6, 6.07) is 0. The third-order valence-electron chi connectivity index (χ3n) is 1.12. The number of halogens is 1. The van der Waals surface area contributed by atoms with Crippen LogP contribution in [0.15, 0.2) is 0 Å². The Bertz CT molecular complexity index is 47.8. The van der Waals surface area contributed by atoms with Gasteiger partial charge in [-0.05, 0) is 18.8 Å². The fraction of sp³-hybridized carbons (Fsp3) is 1.00. The highest BCUT2D eigenvalue weighted by Crippen LogP contribution is 2.07. The minimum Gasteiger partial charge on any atom is -0.396 e. The highest BCUT2D eigenvalue weighted by Gasteiger charge is 1.96. The number of aliphatic hydroxyl groups excluding tert-OH is 1. The first-order valence-electron chi connectivity index (χ1n) is 2.98. The van der Waals surface area contributed by atoms with E-state index >= 15 is 0 Å². The Kier molecular flexibility index (Phi) is 6.32. The average Bonchev–Trinajstić information content (AvgIpc) is 1.83. The van der Waals surface area contributed by atoms with Crippen molar-refractivity contribution in [1.29, 1.82) is 0 Å². The molecule has 0 aliphatic rings. The molecule has 0 aliphatic carbocycles. The predicted octanol–water partition coefficient (Wildman–Crippen LogP) is 1.83. The molecule has 0 bridgehead atoms. The quantitative estimate of drug-likeness (QED) is 0.574. The van der Waals surface area contributed by atoms with Gasteiger partial charge in [0.15, 0.2) is 0 Å². The van der Waals surface area contributed by atoms with Gasteiger partial charge in [-0.1, -0.05) is 29.5 Å². The van der Waals surface area contributed by atoms with Crippen LogP contribution in [-0.4, -0.2) is 16.1 Å². The van der Waals surface area contributed by atoms with E-state index in [2.05, 4.69) is 29.5 Å². The highest BCUT2D eigenvalue weighted by molar-refractivity contribution is 14.1. The van der Waals surface area contributed by atoms with E-state index in [1.165, 1.54) is 10.8 Å². The first-order valence-corrected chi connectivity index (χ1v) is 4.50. The maximum absolute atomic E-state index is 8.41. The molecule has 50 valence electrons. The summed E-state index contributed by atoms with van der Waals surface area (Å²) in [7, 11) is 0. The monoisotopic (exact) mass is 228 g/mol. The molecule has 0 amide bonds. The number of aliphatic hydroxyl groups is 1. The van der Waals surface area contributed by atoms with Gasteiger partial charge in [-0.2, -0.15) is 0 Å². The van der Waals surface area contributed by atoms with Gasteiger partial charge in [-0.25, -0.2) is 0 Å². The van der Waals surface area contributed by atoms with Crippen LogP contribution in [0, 0.1) is 5.92 Å². The SMILES string of the molecule is C[C@H](CI)CCCO. The van der Waals surface area contributed by atoms with Crippen LogP contribution in [0.4, 0.5) is 0 Å². The normalized spacial score (nSPS) is 13.9. The highest BCUT2D eigenvalue weighted by atomic mass is 127. The van der Waals surface area contributed by atoms with E-state index in [4.69, 9.17) is 5.11 Å². The summed E-state index contributed by atoms with van der Waals surface area (Å²) in [6.07, 6.45) is 2.13. The van der Waals surface area contributed by atoms with E-state index < -0.39 is 0 Å². The molecule has 2 heteroatoms. The molecule has 1 N–H and O–H groups in total. The summed E-state index contributed by atoms with van der Waals surface area (Å²) in [5, 5.41) is 8.41. The maximum Gasteiger partial charge on any atom is 0.0431 e. The molecule has 1 nitrogen and oxygen atoms in total. The number of hydrogen-bond acceptors (Lipinski definition) is 1. The summed E-state index contributed by atoms with van der Waals surface area (Å²) < 4.78 is 1.21.